The van der Waals surface area contributed by atoms with Crippen LogP contribution in [0.1, 0.15) is 38.5 Å². The second-order valence-electron chi connectivity index (χ2n) is 7.48. The Morgan fingerprint density at radius 3 is 2.46 bits per heavy atom. The maximum absolute atomic E-state index is 12.8. The average Bonchev–Trinajstić information content (AvgIpc) is 3.13. The van der Waals surface area contributed by atoms with E-state index in [2.05, 4.69) is 0 Å². The van der Waals surface area contributed by atoms with E-state index in [1.54, 1.807) is 4.90 Å². The van der Waals surface area contributed by atoms with Gasteiger partial charge in [-0.25, -0.2) is 4.79 Å². The van der Waals surface area contributed by atoms with E-state index in [-0.39, 0.29) is 45.0 Å². The van der Waals surface area contributed by atoms with E-state index in [0.717, 1.165) is 17.7 Å². The molecule has 2 heterocycles. The number of piperazine rings is 1. The number of aliphatic hydroxyl groups is 1. The number of aliphatic hydroxyl groups excluding tert-OH is 1. The lowest BCUT2D eigenvalue weighted by atomic mass is 9.79. The topological polar surface area (TPSA) is 121 Å². The van der Waals surface area contributed by atoms with Crippen molar-refractivity contribution in [1.29, 1.82) is 0 Å². The highest BCUT2D eigenvalue weighted by Crippen LogP contribution is 2.44. The van der Waals surface area contributed by atoms with Gasteiger partial charge in [-0.1, -0.05) is 12.8 Å². The van der Waals surface area contributed by atoms with E-state index in [9.17, 15) is 24.3 Å². The minimum Gasteiger partial charge on any atom is -0.550 e. The van der Waals surface area contributed by atoms with Crippen LogP contribution in [0.15, 0.2) is 0 Å². The largest absolute Gasteiger partial charge is 0.550 e. The van der Waals surface area contributed by atoms with Gasteiger partial charge in [-0.05, 0) is 24.7 Å². The highest BCUT2D eigenvalue weighted by Gasteiger charge is 2.48. The van der Waals surface area contributed by atoms with Gasteiger partial charge >= 0.3 is 6.03 Å². The summed E-state index contributed by atoms with van der Waals surface area (Å²) in [7, 11) is 0. The summed E-state index contributed by atoms with van der Waals surface area (Å²) in [5.41, 5.74) is -0.550. The molecule has 3 fully saturated rings. The van der Waals surface area contributed by atoms with Crippen molar-refractivity contribution in [3.8, 4) is 0 Å². The lowest BCUT2D eigenvalue weighted by Crippen LogP contribution is -2.55. The van der Waals surface area contributed by atoms with Crippen molar-refractivity contribution in [3.05, 3.63) is 0 Å². The van der Waals surface area contributed by atoms with Crippen molar-refractivity contribution < 1.29 is 29.4 Å². The first-order valence-electron chi connectivity index (χ1n) is 9.07. The summed E-state index contributed by atoms with van der Waals surface area (Å²) >= 11 is 0. The summed E-state index contributed by atoms with van der Waals surface area (Å²) in [5, 5.41) is 20.1. The molecular formula is C17H24N3O6-. The molecule has 9 nitrogen and oxygen atoms in total. The molecule has 2 saturated heterocycles. The van der Waals surface area contributed by atoms with Gasteiger partial charge in [0.25, 0.3) is 5.91 Å². The molecule has 3 aliphatic rings. The number of hydrogen-bond donors (Lipinski definition) is 1. The van der Waals surface area contributed by atoms with Crippen molar-refractivity contribution in [2.24, 2.45) is 5.41 Å². The third-order valence-corrected chi connectivity index (χ3v) is 5.79. The van der Waals surface area contributed by atoms with E-state index in [1.807, 2.05) is 0 Å². The second kappa shape index (κ2) is 7.22. The molecule has 9 heteroatoms. The van der Waals surface area contributed by atoms with Crippen molar-refractivity contribution in [1.82, 2.24) is 14.7 Å². The molecule has 144 valence electrons. The number of β-amino-alcohol motifs (C(OH)–C–C–N with tert-alkyl or cyclic N) is 1. The van der Waals surface area contributed by atoms with Crippen molar-refractivity contribution in [2.45, 2.75) is 44.6 Å². The molecule has 0 radical (unpaired) electrons. The van der Waals surface area contributed by atoms with Gasteiger partial charge in [0.1, 0.15) is 6.04 Å². The third kappa shape index (κ3) is 3.40. The number of rotatable bonds is 6. The Balaban J connectivity index is 1.66. The first kappa shape index (κ1) is 18.6. The Morgan fingerprint density at radius 1 is 1.15 bits per heavy atom. The molecule has 1 saturated carbocycles. The normalized spacial score (nSPS) is 25.0. The van der Waals surface area contributed by atoms with Gasteiger partial charge in [-0.3, -0.25) is 14.5 Å². The Kier molecular flexibility index (Phi) is 5.17. The van der Waals surface area contributed by atoms with Crippen LogP contribution in [0.3, 0.4) is 0 Å². The van der Waals surface area contributed by atoms with E-state index >= 15 is 0 Å². The van der Waals surface area contributed by atoms with Crippen molar-refractivity contribution in [3.63, 3.8) is 0 Å². The van der Waals surface area contributed by atoms with Gasteiger partial charge in [0.15, 0.2) is 0 Å². The maximum atomic E-state index is 12.8. The zero-order valence-corrected chi connectivity index (χ0v) is 14.7. The first-order chi connectivity index (χ1) is 12.4. The average molecular weight is 366 g/mol. The van der Waals surface area contributed by atoms with Crippen LogP contribution in [-0.4, -0.2) is 82.4 Å². The zero-order valence-electron chi connectivity index (χ0n) is 14.7. The van der Waals surface area contributed by atoms with Gasteiger partial charge in [0.05, 0.1) is 19.7 Å². The second-order valence-corrected chi connectivity index (χ2v) is 7.48. The fourth-order valence-electron chi connectivity index (χ4n) is 4.46. The SMILES string of the molecule is O=C([O-])CC1(CC(=O)N2CCN3C(=O)N(CCO)C(=O)[C@H]3C2)CCCC1. The molecule has 26 heavy (non-hydrogen) atoms. The van der Waals surface area contributed by atoms with Gasteiger partial charge in [-0.2, -0.15) is 0 Å². The number of aliphatic carboxylic acids is 1. The number of nitrogens with zero attached hydrogens (tertiary/aromatic N) is 3. The summed E-state index contributed by atoms with van der Waals surface area (Å²) in [6.07, 6.45) is 3.20. The molecule has 1 atom stereocenters. The minimum absolute atomic E-state index is 0.0483. The molecular weight excluding hydrogens is 342 g/mol. The fraction of sp³-hybridized carbons (Fsp3) is 0.765. The molecule has 0 spiro atoms. The van der Waals surface area contributed by atoms with Crippen LogP contribution >= 0.6 is 0 Å². The molecule has 0 aromatic carbocycles. The standard InChI is InChI=1S/C17H25N3O6/c21-8-7-20-15(25)12-11-18(5-6-19(12)16(20)26)13(22)9-17(10-14(23)24)3-1-2-4-17/h12,21H,1-11H2,(H,23,24)/p-1/t12-/m1/s1. The van der Waals surface area contributed by atoms with Crippen LogP contribution < -0.4 is 5.11 Å². The Labute approximate surface area is 151 Å². The molecule has 3 rings (SSSR count). The van der Waals surface area contributed by atoms with E-state index < -0.39 is 29.4 Å². The molecule has 1 N–H and O–H groups in total. The molecule has 0 aromatic rings. The molecule has 0 aromatic heterocycles. The van der Waals surface area contributed by atoms with E-state index in [0.29, 0.717) is 19.4 Å². The van der Waals surface area contributed by atoms with Gasteiger partial charge in [0, 0.05) is 25.5 Å². The first-order valence-corrected chi connectivity index (χ1v) is 9.07. The number of carboxylic acid groups (broad SMARTS) is 1. The highest BCUT2D eigenvalue weighted by atomic mass is 16.4. The van der Waals surface area contributed by atoms with Crippen LogP contribution in [0.5, 0.6) is 0 Å². The summed E-state index contributed by atoms with van der Waals surface area (Å²) in [5.74, 6) is -1.71. The predicted molar refractivity (Wildman–Crippen MR) is 86.4 cm³/mol. The molecule has 0 bridgehead atoms. The Bertz CT molecular complexity index is 616. The lowest BCUT2D eigenvalue weighted by molar-refractivity contribution is -0.308. The van der Waals surface area contributed by atoms with E-state index in [1.165, 1.54) is 4.90 Å². The van der Waals surface area contributed by atoms with Gasteiger partial charge < -0.3 is 24.8 Å². The quantitative estimate of drug-likeness (QED) is 0.574. The van der Waals surface area contributed by atoms with Crippen LogP contribution in [0, 0.1) is 5.41 Å². The van der Waals surface area contributed by atoms with Crippen LogP contribution in [0.2, 0.25) is 0 Å². The maximum Gasteiger partial charge on any atom is 0.327 e. The van der Waals surface area contributed by atoms with Gasteiger partial charge in [0.2, 0.25) is 5.91 Å². The Morgan fingerprint density at radius 2 is 1.85 bits per heavy atom. The molecule has 0 unspecified atom stereocenters. The summed E-state index contributed by atoms with van der Waals surface area (Å²) in [6.45, 7) is 0.353. The highest BCUT2D eigenvalue weighted by molar-refractivity contribution is 6.04. The number of imide groups is 1. The number of fused-ring (bicyclic) bond motifs is 1. The minimum atomic E-state index is -1.14. The van der Waals surface area contributed by atoms with E-state index in [4.69, 9.17) is 5.11 Å². The number of carboxylic acids is 1. The number of urea groups is 1. The number of carbonyl (C=O) groups is 4. The summed E-state index contributed by atoms with van der Waals surface area (Å²) in [6, 6.07) is -1.14. The summed E-state index contributed by atoms with van der Waals surface area (Å²) < 4.78 is 0. The lowest BCUT2D eigenvalue weighted by Gasteiger charge is -2.38. The number of amides is 4. The predicted octanol–water partition coefficient (Wildman–Crippen LogP) is -1.46. The van der Waals surface area contributed by atoms with Crippen LogP contribution in [0.25, 0.3) is 0 Å². The van der Waals surface area contributed by atoms with Gasteiger partial charge in [-0.15, -0.1) is 0 Å². The Hall–Kier alpha value is -2.16. The monoisotopic (exact) mass is 366 g/mol. The molecule has 1 aliphatic carbocycles. The molecule has 4 amide bonds. The fourth-order valence-corrected chi connectivity index (χ4v) is 4.46. The summed E-state index contributed by atoms with van der Waals surface area (Å²) in [4.78, 5) is 52.5. The number of hydrogen-bond acceptors (Lipinski definition) is 6. The smallest absolute Gasteiger partial charge is 0.327 e. The van der Waals surface area contributed by atoms with Crippen LogP contribution in [0.4, 0.5) is 4.79 Å². The zero-order chi connectivity index (χ0) is 18.9. The van der Waals surface area contributed by atoms with Crippen molar-refractivity contribution >= 4 is 23.8 Å². The van der Waals surface area contributed by atoms with Crippen molar-refractivity contribution in [2.75, 3.05) is 32.8 Å². The third-order valence-electron chi connectivity index (χ3n) is 5.79. The number of carbonyl (C=O) groups excluding carboxylic acids is 4. The molecule has 2 aliphatic heterocycles. The van der Waals surface area contributed by atoms with Crippen LogP contribution in [-0.2, 0) is 14.4 Å².